The summed E-state index contributed by atoms with van der Waals surface area (Å²) in [7, 11) is 0. The van der Waals surface area contributed by atoms with Crippen molar-refractivity contribution in [3.8, 4) is 0 Å². The van der Waals surface area contributed by atoms with E-state index in [4.69, 9.17) is 61.5 Å². The van der Waals surface area contributed by atoms with Crippen molar-refractivity contribution in [3.63, 3.8) is 0 Å². The van der Waals surface area contributed by atoms with Crippen LogP contribution in [0.25, 0.3) is 0 Å². The van der Waals surface area contributed by atoms with Crippen LogP contribution in [0.4, 0.5) is 0 Å². The van der Waals surface area contributed by atoms with Gasteiger partial charge in [0.15, 0.2) is 26.4 Å². The van der Waals surface area contributed by atoms with Gasteiger partial charge in [0, 0.05) is 88.1 Å². The van der Waals surface area contributed by atoms with Crippen molar-refractivity contribution in [2.75, 3.05) is 105 Å². The molecule has 0 N–H and O–H groups in total. The maximum atomic E-state index is 12.8. The number of hydrogen-bond acceptors (Lipinski definition) is 20. The maximum Gasteiger partial charge on any atom is 0.339 e. The van der Waals surface area contributed by atoms with Crippen LogP contribution in [0.5, 0.6) is 0 Å². The molecule has 0 aromatic heterocycles. The molecule has 26 heteroatoms. The minimum Gasteiger partial charge on any atom is -0.458 e. The first-order valence-electron chi connectivity index (χ1n) is 45.9. The highest BCUT2D eigenvalue weighted by molar-refractivity contribution is 6.33. The van der Waals surface area contributed by atoms with Crippen molar-refractivity contribution in [1.82, 2.24) is 19.6 Å². The molecule has 8 aliphatic rings. The average Bonchev–Trinajstić information content (AvgIpc) is 0.787. The number of benzene rings is 4. The standard InChI is InChI=1S/2C25H33ClN2O4.2C25H34N2O4/c2*1-18-15-19(2)24(26)21-16-20(27-32-17-22(29)28-12-8-6-9-13-28)11-7-4-3-5-10-14-31-25(30)23(18)21;2*1-19-15-20(2)24-21(16-19)17-22(11-7-4-3-5-10-14-30-25(24)29)26-31-18-23(28)27-12-8-6-9-13-27/h2*5,10,15H,3-4,6-9,11-14,16-17H2,1-2H3;2*5,10,15-16H,3-4,6-9,11-14,17-18H2,1-2H3/b10-5+,27-20+;10-5+,27-20-;10-5+,26-22+;10-5+,26-22-. The summed E-state index contributed by atoms with van der Waals surface area (Å²) >= 11 is 13.3. The van der Waals surface area contributed by atoms with Gasteiger partial charge in [0.05, 0.1) is 45.1 Å². The van der Waals surface area contributed by atoms with Gasteiger partial charge in [-0.3, -0.25) is 19.2 Å². The number of aryl methyl sites for hydroxylation is 8. The lowest BCUT2D eigenvalue weighted by atomic mass is 9.93. The van der Waals surface area contributed by atoms with E-state index in [0.717, 1.165) is 272 Å². The summed E-state index contributed by atoms with van der Waals surface area (Å²) in [5.41, 5.74) is 16.1. The van der Waals surface area contributed by atoms with Crippen LogP contribution in [0.15, 0.2) is 106 Å². The van der Waals surface area contributed by atoms with E-state index >= 15 is 0 Å². The Bertz CT molecular complexity index is 4310. The molecule has 12 rings (SSSR count). The summed E-state index contributed by atoms with van der Waals surface area (Å²) in [6.07, 6.45) is 45.1. The number of oxime groups is 4. The van der Waals surface area contributed by atoms with Crippen molar-refractivity contribution in [2.45, 2.75) is 261 Å². The number of allylic oxidation sites excluding steroid dienone is 4. The quantitative estimate of drug-likeness (QED) is 0.0552. The fourth-order valence-electron chi connectivity index (χ4n) is 17.0. The fourth-order valence-corrected chi connectivity index (χ4v) is 17.5. The number of fused-ring (bicyclic) bond motifs is 4. The molecule has 4 saturated heterocycles. The minimum atomic E-state index is -0.385. The number of likely N-dealkylation sites (tertiary alicyclic amines) is 4. The molecule has 0 saturated carbocycles. The van der Waals surface area contributed by atoms with Gasteiger partial charge in [-0.2, -0.15) is 0 Å². The first-order chi connectivity index (χ1) is 61.0. The second-order valence-electron chi connectivity index (χ2n) is 34.0. The number of cyclic esters (lactones) is 4. The number of esters is 4. The number of amides is 4. The zero-order valence-electron chi connectivity index (χ0n) is 75.9. The molecular formula is C100H134Cl2N8O16. The first-order valence-corrected chi connectivity index (χ1v) is 46.7. The summed E-state index contributed by atoms with van der Waals surface area (Å²) in [5, 5.41) is 18.5. The smallest absolute Gasteiger partial charge is 0.339 e. The Morgan fingerprint density at radius 3 is 0.817 bits per heavy atom. The minimum absolute atomic E-state index is 0.00510. The maximum absolute atomic E-state index is 12.8. The fraction of sp³-hybridized carbons (Fsp3) is 0.560. The highest BCUT2D eigenvalue weighted by Crippen LogP contribution is 2.33. The van der Waals surface area contributed by atoms with Gasteiger partial charge in [-0.05, 0) is 291 Å². The van der Waals surface area contributed by atoms with E-state index in [1.165, 1.54) is 25.7 Å². The predicted molar refractivity (Wildman–Crippen MR) is 495 cm³/mol. The normalized spacial score (nSPS) is 20.5. The van der Waals surface area contributed by atoms with Gasteiger partial charge >= 0.3 is 23.9 Å². The van der Waals surface area contributed by atoms with Gasteiger partial charge in [0.2, 0.25) is 0 Å². The molecule has 4 amide bonds. The molecule has 126 heavy (non-hydrogen) atoms. The molecule has 8 heterocycles. The van der Waals surface area contributed by atoms with Crippen LogP contribution in [-0.4, -0.2) is 195 Å². The molecule has 0 atom stereocenters. The van der Waals surface area contributed by atoms with Crippen molar-refractivity contribution in [2.24, 2.45) is 20.6 Å². The number of halogens is 2. The third-order valence-corrected chi connectivity index (χ3v) is 24.6. The molecule has 0 spiro atoms. The molecule has 4 fully saturated rings. The molecule has 8 aliphatic heterocycles. The summed E-state index contributed by atoms with van der Waals surface area (Å²) in [5.74, 6) is -1.46. The van der Waals surface area contributed by atoms with Crippen molar-refractivity contribution in [1.29, 1.82) is 0 Å². The van der Waals surface area contributed by atoms with Gasteiger partial charge in [-0.1, -0.05) is 140 Å². The monoisotopic (exact) mass is 1770 g/mol. The molecule has 684 valence electrons. The lowest BCUT2D eigenvalue weighted by Crippen LogP contribution is -2.37. The number of nitrogens with zero attached hydrogens (tertiary/aromatic N) is 8. The zero-order valence-corrected chi connectivity index (χ0v) is 77.4. The van der Waals surface area contributed by atoms with Crippen molar-refractivity contribution >= 4 is 93.6 Å². The molecule has 4 aromatic rings. The van der Waals surface area contributed by atoms with Crippen LogP contribution in [0, 0.1) is 55.4 Å². The number of carbonyl (C=O) groups is 8. The predicted octanol–water partition coefficient (Wildman–Crippen LogP) is 19.4. The third kappa shape index (κ3) is 33.0. The van der Waals surface area contributed by atoms with Crippen LogP contribution in [0.2, 0.25) is 10.0 Å². The Balaban J connectivity index is 0.000000190. The Hall–Kier alpha value is -9.94. The third-order valence-electron chi connectivity index (χ3n) is 23.6. The van der Waals surface area contributed by atoms with E-state index in [0.29, 0.717) is 82.0 Å². The number of piperidine rings is 4. The Morgan fingerprint density at radius 2 is 0.548 bits per heavy atom. The van der Waals surface area contributed by atoms with Crippen LogP contribution in [0.3, 0.4) is 0 Å². The summed E-state index contributed by atoms with van der Waals surface area (Å²) in [6, 6.07) is 11.8. The van der Waals surface area contributed by atoms with Gasteiger partial charge in [0.1, 0.15) is 26.4 Å². The van der Waals surface area contributed by atoms with Gasteiger partial charge in [-0.15, -0.1) is 0 Å². The SMILES string of the molecule is Cc1cc(C)c2c(c1)C/C(=N/OCC(=O)N1CCCCC1)CCCC/C=C/COC2=O.Cc1cc(C)c2c(c1)C/C(=N\OCC(=O)N1CCCCC1)CCCC/C=C/COC2=O.Cc1cc(C)c2c(c1Cl)C/C(=N/OCC(=O)N1CCCCC1)CCCC/C=C/COC2=O.Cc1cc(C)c2c(c1Cl)C/C(=N\OCC(=O)N1CCCCC1)CCCC/C=C/COC2=O. The molecule has 4 aromatic carbocycles. The molecule has 0 radical (unpaired) electrons. The molecule has 0 aliphatic carbocycles. The Morgan fingerprint density at radius 1 is 0.302 bits per heavy atom. The van der Waals surface area contributed by atoms with Crippen LogP contribution >= 0.6 is 23.2 Å². The van der Waals surface area contributed by atoms with Gasteiger partial charge in [-0.25, -0.2) is 19.2 Å². The first kappa shape index (κ1) is 99.8. The van der Waals surface area contributed by atoms with Crippen molar-refractivity contribution < 1.29 is 76.7 Å². The summed E-state index contributed by atoms with van der Waals surface area (Å²) in [6.45, 7) is 22.8. The zero-order chi connectivity index (χ0) is 90.0. The van der Waals surface area contributed by atoms with Crippen LogP contribution < -0.4 is 0 Å². The molecule has 0 bridgehead atoms. The molecular weight excluding hydrogens is 1640 g/mol. The highest BCUT2D eigenvalue weighted by Gasteiger charge is 2.29. The molecule has 0 unspecified atom stereocenters. The van der Waals surface area contributed by atoms with E-state index in [2.05, 4.69) is 32.8 Å². The Kier molecular flexibility index (Phi) is 43.0. The van der Waals surface area contributed by atoms with E-state index < -0.39 is 0 Å². The summed E-state index contributed by atoms with van der Waals surface area (Å²) < 4.78 is 21.9. The van der Waals surface area contributed by atoms with Gasteiger partial charge in [0.25, 0.3) is 23.6 Å². The van der Waals surface area contributed by atoms with Crippen LogP contribution in [0.1, 0.15) is 288 Å². The van der Waals surface area contributed by atoms with E-state index in [1.807, 2.05) is 148 Å². The number of ether oxygens (including phenoxy) is 4. The molecule has 24 nitrogen and oxygen atoms in total. The van der Waals surface area contributed by atoms with Crippen molar-refractivity contribution in [3.05, 3.63) is 184 Å². The van der Waals surface area contributed by atoms with Gasteiger partial charge < -0.3 is 57.9 Å². The Labute approximate surface area is 756 Å². The average molecular weight is 1780 g/mol. The largest absolute Gasteiger partial charge is 0.458 e. The van der Waals surface area contributed by atoms with E-state index in [9.17, 15) is 38.4 Å². The second kappa shape index (κ2) is 54.3. The number of hydrogen-bond donors (Lipinski definition) is 0. The van der Waals surface area contributed by atoms with E-state index in [-0.39, 0.29) is 100 Å². The second-order valence-corrected chi connectivity index (χ2v) is 34.8. The number of carbonyl (C=O) groups excluding carboxylic acids is 8. The van der Waals surface area contributed by atoms with Crippen LogP contribution in [-0.2, 0) is 83.2 Å². The topological polar surface area (TPSA) is 273 Å². The lowest BCUT2D eigenvalue weighted by Gasteiger charge is -2.26. The number of rotatable bonds is 12. The van der Waals surface area contributed by atoms with E-state index in [1.54, 1.807) is 0 Å². The lowest BCUT2D eigenvalue weighted by molar-refractivity contribution is -0.137. The highest BCUT2D eigenvalue weighted by atomic mass is 35.5. The summed E-state index contributed by atoms with van der Waals surface area (Å²) in [4.78, 5) is 130.